The van der Waals surface area contributed by atoms with Gasteiger partial charge in [0.05, 0.1) is 11.3 Å². The van der Waals surface area contributed by atoms with Crippen LogP contribution in [0.3, 0.4) is 0 Å². The van der Waals surface area contributed by atoms with Crippen LogP contribution >= 0.6 is 0 Å². The fourth-order valence-electron chi connectivity index (χ4n) is 1.62. The Morgan fingerprint density at radius 1 is 1.50 bits per heavy atom. The maximum atomic E-state index is 11.3. The Balaban J connectivity index is 2.58. The first-order valence-electron chi connectivity index (χ1n) is 4.89. The van der Waals surface area contributed by atoms with Crippen LogP contribution in [0.15, 0.2) is 28.2 Å². The van der Waals surface area contributed by atoms with Crippen molar-refractivity contribution in [2.75, 3.05) is 4.72 Å². The maximum Gasteiger partial charge on any atom is 0.222 e. The molecule has 1 aliphatic rings. The minimum atomic E-state index is -1.46. The predicted molar refractivity (Wildman–Crippen MR) is 68.3 cm³/mol. The molecule has 0 saturated carbocycles. The summed E-state index contributed by atoms with van der Waals surface area (Å²) in [4.78, 5) is 0. The van der Waals surface area contributed by atoms with Gasteiger partial charge < -0.3 is 10.3 Å². The smallest absolute Gasteiger partial charge is 0.222 e. The van der Waals surface area contributed by atoms with Crippen LogP contribution in [0.25, 0.3) is 6.08 Å². The highest BCUT2D eigenvalue weighted by atomic mass is 32.2. The molecule has 0 saturated heterocycles. The van der Waals surface area contributed by atoms with Crippen LogP contribution < -0.4 is 10.5 Å². The lowest BCUT2D eigenvalue weighted by Gasteiger charge is -2.17. The van der Waals surface area contributed by atoms with E-state index in [1.54, 1.807) is 0 Å². The summed E-state index contributed by atoms with van der Waals surface area (Å²) in [6.45, 7) is 4.03. The average molecular weight is 235 g/mol. The minimum Gasteiger partial charge on any atom is -0.566 e. The van der Waals surface area contributed by atoms with Crippen LogP contribution in [0.2, 0.25) is 0 Å². The number of benzene rings is 1. The van der Waals surface area contributed by atoms with Gasteiger partial charge in [-0.05, 0) is 29.9 Å². The number of nitrogens with zero attached hydrogens (tertiary/aromatic N) is 1. The SMILES string of the molecule is CC(C)=Cc1cccc2c1C(N)=N[S+]([O-])N2. The number of hydrogen-bond donors (Lipinski definition) is 2. The highest BCUT2D eigenvalue weighted by Gasteiger charge is 2.22. The van der Waals surface area contributed by atoms with E-state index in [2.05, 4.69) is 9.12 Å². The number of anilines is 1. The molecule has 0 spiro atoms. The van der Waals surface area contributed by atoms with Crippen LogP contribution in [0, 0.1) is 0 Å². The summed E-state index contributed by atoms with van der Waals surface area (Å²) in [5.74, 6) is 0.320. The van der Waals surface area contributed by atoms with Crippen molar-refractivity contribution in [3.05, 3.63) is 34.9 Å². The quantitative estimate of drug-likeness (QED) is 0.729. The van der Waals surface area contributed by atoms with Crippen molar-refractivity contribution in [2.24, 2.45) is 10.1 Å². The van der Waals surface area contributed by atoms with Crippen molar-refractivity contribution >= 4 is 29.1 Å². The molecule has 2 rings (SSSR count). The Morgan fingerprint density at radius 2 is 2.25 bits per heavy atom. The van der Waals surface area contributed by atoms with Crippen LogP contribution in [0.1, 0.15) is 25.0 Å². The van der Waals surface area contributed by atoms with E-state index < -0.39 is 11.5 Å². The third kappa shape index (κ3) is 2.05. The zero-order valence-electron chi connectivity index (χ0n) is 9.15. The Kier molecular flexibility index (Phi) is 2.89. The third-order valence-electron chi connectivity index (χ3n) is 2.18. The van der Waals surface area contributed by atoms with Gasteiger partial charge in [0.2, 0.25) is 11.5 Å². The van der Waals surface area contributed by atoms with Gasteiger partial charge in [0.1, 0.15) is 0 Å². The van der Waals surface area contributed by atoms with Crippen molar-refractivity contribution in [2.45, 2.75) is 13.8 Å². The van der Waals surface area contributed by atoms with E-state index in [0.717, 1.165) is 16.8 Å². The summed E-state index contributed by atoms with van der Waals surface area (Å²) in [7, 11) is 0. The number of hydrogen-bond acceptors (Lipinski definition) is 4. The third-order valence-corrected chi connectivity index (χ3v) is 2.93. The summed E-state index contributed by atoms with van der Waals surface area (Å²) < 4.78 is 17.9. The highest BCUT2D eigenvalue weighted by molar-refractivity contribution is 7.91. The molecule has 3 N–H and O–H groups in total. The normalized spacial score (nSPS) is 18.2. The molecular formula is C11H13N3OS. The Bertz CT molecular complexity index is 478. The fraction of sp³-hybridized carbons (Fsp3) is 0.182. The lowest BCUT2D eigenvalue weighted by atomic mass is 10.0. The Hall–Kier alpha value is -1.46. The number of allylic oxidation sites excluding steroid dienone is 1. The number of rotatable bonds is 1. The van der Waals surface area contributed by atoms with Crippen LogP contribution in [0.4, 0.5) is 5.69 Å². The molecule has 1 aromatic rings. The molecule has 0 amide bonds. The molecule has 1 aliphatic heterocycles. The summed E-state index contributed by atoms with van der Waals surface area (Å²) >= 11 is -1.46. The lowest BCUT2D eigenvalue weighted by Crippen LogP contribution is -2.27. The van der Waals surface area contributed by atoms with Gasteiger partial charge in [0.25, 0.3) is 0 Å². The van der Waals surface area contributed by atoms with Gasteiger partial charge in [0, 0.05) is 0 Å². The summed E-state index contributed by atoms with van der Waals surface area (Å²) in [5.41, 5.74) is 9.55. The molecule has 1 atom stereocenters. The lowest BCUT2D eigenvalue weighted by molar-refractivity contribution is 0.601. The van der Waals surface area contributed by atoms with Crippen molar-refractivity contribution in [3.8, 4) is 0 Å². The molecule has 5 heteroatoms. The predicted octanol–water partition coefficient (Wildman–Crippen LogP) is 1.82. The van der Waals surface area contributed by atoms with Crippen molar-refractivity contribution in [1.82, 2.24) is 0 Å². The van der Waals surface area contributed by atoms with Gasteiger partial charge in [0.15, 0.2) is 5.84 Å². The monoisotopic (exact) mass is 235 g/mol. The standard InChI is InChI=1S/C11H13N3OS/c1-7(2)6-8-4-3-5-9-10(8)11(12)14-16(15)13-9/h3-6,13H,1-2H3,(H2,12,14). The van der Waals surface area contributed by atoms with Crippen molar-refractivity contribution < 1.29 is 4.55 Å². The molecular weight excluding hydrogens is 222 g/mol. The molecule has 1 aromatic carbocycles. The van der Waals surface area contributed by atoms with E-state index in [-0.39, 0.29) is 0 Å². The summed E-state index contributed by atoms with van der Waals surface area (Å²) in [6.07, 6.45) is 2.02. The molecule has 0 radical (unpaired) electrons. The first-order valence-corrected chi connectivity index (χ1v) is 5.99. The summed E-state index contributed by atoms with van der Waals surface area (Å²) in [6, 6.07) is 5.71. The van der Waals surface area contributed by atoms with Crippen molar-refractivity contribution in [1.29, 1.82) is 0 Å². The number of nitrogens with one attached hydrogen (secondary N) is 1. The Morgan fingerprint density at radius 3 is 2.94 bits per heavy atom. The van der Waals surface area contributed by atoms with Gasteiger partial charge in [-0.1, -0.05) is 23.8 Å². The first kappa shape index (κ1) is 11.0. The number of fused-ring (bicyclic) bond motifs is 1. The Labute approximate surface area is 97.7 Å². The molecule has 0 aromatic heterocycles. The van der Waals surface area contributed by atoms with Gasteiger partial charge in [-0.2, -0.15) is 4.72 Å². The van der Waals surface area contributed by atoms with Crippen molar-refractivity contribution in [3.63, 3.8) is 0 Å². The van der Waals surface area contributed by atoms with E-state index in [4.69, 9.17) is 5.73 Å². The molecule has 84 valence electrons. The molecule has 0 bridgehead atoms. The van der Waals surface area contributed by atoms with Crippen LogP contribution in [-0.2, 0) is 11.5 Å². The van der Waals surface area contributed by atoms with E-state index in [1.165, 1.54) is 5.57 Å². The summed E-state index contributed by atoms with van der Waals surface area (Å²) in [5, 5.41) is 0. The van der Waals surface area contributed by atoms with Gasteiger partial charge in [-0.25, -0.2) is 0 Å². The van der Waals surface area contributed by atoms with E-state index in [0.29, 0.717) is 5.84 Å². The second-order valence-corrected chi connectivity index (χ2v) is 4.70. The van der Waals surface area contributed by atoms with E-state index in [9.17, 15) is 4.55 Å². The molecule has 1 heterocycles. The second-order valence-electron chi connectivity index (χ2n) is 3.82. The van der Waals surface area contributed by atoms with Gasteiger partial charge >= 0.3 is 0 Å². The highest BCUT2D eigenvalue weighted by Crippen LogP contribution is 2.26. The first-order chi connectivity index (χ1) is 7.58. The minimum absolute atomic E-state index is 0.320. The average Bonchev–Trinajstić information content (AvgIpc) is 2.15. The largest absolute Gasteiger partial charge is 0.566 e. The molecule has 0 fully saturated rings. The fourth-order valence-corrected chi connectivity index (χ4v) is 2.30. The van der Waals surface area contributed by atoms with Gasteiger partial charge in [-0.15, -0.1) is 0 Å². The maximum absolute atomic E-state index is 11.3. The van der Waals surface area contributed by atoms with E-state index in [1.807, 2.05) is 38.1 Å². The molecule has 0 aliphatic carbocycles. The molecule has 16 heavy (non-hydrogen) atoms. The van der Waals surface area contributed by atoms with Crippen LogP contribution in [0.5, 0.6) is 0 Å². The number of amidine groups is 1. The zero-order valence-corrected chi connectivity index (χ0v) is 9.97. The topological polar surface area (TPSA) is 73.5 Å². The van der Waals surface area contributed by atoms with Crippen LogP contribution in [-0.4, -0.2) is 10.4 Å². The zero-order chi connectivity index (χ0) is 11.7. The number of nitrogens with two attached hydrogens (primary N) is 1. The van der Waals surface area contributed by atoms with E-state index >= 15 is 0 Å². The second kappa shape index (κ2) is 4.19. The van der Waals surface area contributed by atoms with Gasteiger partial charge in [-0.3, -0.25) is 0 Å². The molecule has 1 unspecified atom stereocenters. The molecule has 4 nitrogen and oxygen atoms in total.